The van der Waals surface area contributed by atoms with E-state index in [1.165, 1.54) is 77.1 Å². The summed E-state index contributed by atoms with van der Waals surface area (Å²) in [6.07, 6.45) is 17.2. The fourth-order valence-electron chi connectivity index (χ4n) is 12.2. The van der Waals surface area contributed by atoms with E-state index >= 15 is 0 Å². The van der Waals surface area contributed by atoms with Crippen molar-refractivity contribution in [3.63, 3.8) is 0 Å². The van der Waals surface area contributed by atoms with E-state index in [2.05, 4.69) is 175 Å². The topological polar surface area (TPSA) is 16.4 Å². The third-order valence-corrected chi connectivity index (χ3v) is 14.3. The van der Waals surface area contributed by atoms with E-state index in [4.69, 9.17) is 4.42 Å². The van der Waals surface area contributed by atoms with Crippen LogP contribution in [0.2, 0.25) is 0 Å². The highest BCUT2D eigenvalue weighted by Gasteiger charge is 2.57. The van der Waals surface area contributed by atoms with E-state index in [1.807, 2.05) is 0 Å². The van der Waals surface area contributed by atoms with E-state index in [9.17, 15) is 0 Å². The largest absolute Gasteiger partial charge is 0.454 e. The zero-order chi connectivity index (χ0) is 37.2. The van der Waals surface area contributed by atoms with Crippen LogP contribution < -0.4 is 4.90 Å². The summed E-state index contributed by atoms with van der Waals surface area (Å²) in [5.41, 5.74) is 16.2. The van der Waals surface area contributed by atoms with Crippen LogP contribution in [0.5, 0.6) is 0 Å². The second-order valence-corrected chi connectivity index (χ2v) is 16.8. The quantitative estimate of drug-likeness (QED) is 0.168. The van der Waals surface area contributed by atoms with Gasteiger partial charge >= 0.3 is 0 Å². The molecule has 7 aromatic carbocycles. The molecule has 0 aliphatic heterocycles. The average molecular weight is 732 g/mol. The Kier molecular flexibility index (Phi) is 6.59. The normalized spacial score (nSPS) is 21.2. The molecule has 0 saturated carbocycles. The fourth-order valence-corrected chi connectivity index (χ4v) is 12.2. The van der Waals surface area contributed by atoms with Crippen molar-refractivity contribution < 1.29 is 4.42 Å². The summed E-state index contributed by atoms with van der Waals surface area (Å²) in [6.45, 7) is 0. The van der Waals surface area contributed by atoms with Crippen LogP contribution in [0.3, 0.4) is 0 Å². The number of para-hydroxylation sites is 2. The second-order valence-electron chi connectivity index (χ2n) is 16.8. The van der Waals surface area contributed by atoms with Gasteiger partial charge in [-0.1, -0.05) is 158 Å². The van der Waals surface area contributed by atoms with Crippen molar-refractivity contribution >= 4 is 54.7 Å². The molecular weight excluding hydrogens is 691 g/mol. The van der Waals surface area contributed by atoms with Crippen LogP contribution >= 0.6 is 0 Å². The lowest BCUT2D eigenvalue weighted by Crippen LogP contribution is -2.39. The SMILES string of the molecule is C1=CCC(N(C2=CC3CCC4=C(C3CC2)C2(c3ccccc3-c3ccccc32)c2c4c3ccccc3c3ccccc23)c2cccc3c2oc2ccccc23)C=C1. The Morgan fingerprint density at radius 2 is 1.25 bits per heavy atom. The Hall–Kier alpha value is -6.38. The molecule has 0 saturated heterocycles. The minimum Gasteiger partial charge on any atom is -0.454 e. The Morgan fingerprint density at radius 1 is 0.579 bits per heavy atom. The van der Waals surface area contributed by atoms with E-state index < -0.39 is 0 Å². The Labute approximate surface area is 332 Å². The van der Waals surface area contributed by atoms with Crippen molar-refractivity contribution in [3.05, 3.63) is 203 Å². The van der Waals surface area contributed by atoms with Crippen LogP contribution in [0.4, 0.5) is 5.69 Å². The number of hydrogen-bond acceptors (Lipinski definition) is 2. The predicted octanol–water partition coefficient (Wildman–Crippen LogP) is 14.1. The predicted molar refractivity (Wildman–Crippen MR) is 237 cm³/mol. The first-order valence-corrected chi connectivity index (χ1v) is 20.9. The number of nitrogens with zero attached hydrogens (tertiary/aromatic N) is 1. The minimum atomic E-state index is -0.341. The molecule has 0 N–H and O–H groups in total. The summed E-state index contributed by atoms with van der Waals surface area (Å²) < 4.78 is 6.73. The molecule has 13 rings (SSSR count). The molecule has 5 aliphatic rings. The van der Waals surface area contributed by atoms with Gasteiger partial charge in [-0.05, 0) is 122 Å². The van der Waals surface area contributed by atoms with Gasteiger partial charge in [0.05, 0.1) is 17.1 Å². The molecule has 0 amide bonds. The number of benzene rings is 7. The maximum absolute atomic E-state index is 6.73. The maximum Gasteiger partial charge on any atom is 0.159 e. The highest BCUT2D eigenvalue weighted by atomic mass is 16.3. The Balaban J connectivity index is 1.05. The van der Waals surface area contributed by atoms with Gasteiger partial charge in [-0.2, -0.15) is 0 Å². The molecular formula is C55H41NO. The van der Waals surface area contributed by atoms with Crippen LogP contribution in [0, 0.1) is 11.8 Å². The van der Waals surface area contributed by atoms with E-state index in [-0.39, 0.29) is 11.5 Å². The minimum absolute atomic E-state index is 0.225. The molecule has 2 heteroatoms. The van der Waals surface area contributed by atoms with Crippen molar-refractivity contribution in [2.24, 2.45) is 11.8 Å². The third kappa shape index (κ3) is 4.15. The van der Waals surface area contributed by atoms with Gasteiger partial charge in [0, 0.05) is 16.5 Å². The summed E-state index contributed by atoms with van der Waals surface area (Å²) in [7, 11) is 0. The fraction of sp³-hybridized carbons (Fsp3) is 0.164. The van der Waals surface area contributed by atoms with Crippen LogP contribution in [0.1, 0.15) is 54.4 Å². The summed E-state index contributed by atoms with van der Waals surface area (Å²) in [5, 5.41) is 7.91. The summed E-state index contributed by atoms with van der Waals surface area (Å²) in [5.74, 6) is 0.851. The van der Waals surface area contributed by atoms with Gasteiger partial charge in [0.1, 0.15) is 5.58 Å². The Morgan fingerprint density at radius 3 is 2.02 bits per heavy atom. The van der Waals surface area contributed by atoms with Gasteiger partial charge in [-0.25, -0.2) is 0 Å². The maximum atomic E-state index is 6.73. The molecule has 8 aromatic rings. The standard InChI is InChI=1S/C55H41NO/c1-2-15-35(16-3-1)56(49-27-14-24-45-42-21-10-13-28-50(42)57-54(45)49)36-30-32-37-34(33-36)29-31-46-51-43-22-6-4-17-38(43)39-18-5-7-23-44(39)53(51)55(52(37)46)47-25-11-8-19-40(47)41-20-9-12-26-48(41)55/h1-15,17-28,33-35,37H,16,29-32H2. The molecule has 3 unspecified atom stereocenters. The lowest BCUT2D eigenvalue weighted by molar-refractivity contribution is 0.345. The molecule has 0 radical (unpaired) electrons. The monoisotopic (exact) mass is 731 g/mol. The first-order valence-electron chi connectivity index (χ1n) is 20.9. The van der Waals surface area contributed by atoms with Crippen LogP contribution in [0.25, 0.3) is 60.2 Å². The highest BCUT2D eigenvalue weighted by molar-refractivity contribution is 6.18. The van der Waals surface area contributed by atoms with Crippen LogP contribution in [0.15, 0.2) is 186 Å². The zero-order valence-corrected chi connectivity index (χ0v) is 31.8. The van der Waals surface area contributed by atoms with Crippen molar-refractivity contribution in [2.75, 3.05) is 4.90 Å². The summed E-state index contributed by atoms with van der Waals surface area (Å²) in [4.78, 5) is 2.64. The highest BCUT2D eigenvalue weighted by Crippen LogP contribution is 2.69. The zero-order valence-electron chi connectivity index (χ0n) is 31.8. The van der Waals surface area contributed by atoms with Crippen molar-refractivity contribution in [2.45, 2.75) is 43.6 Å². The molecule has 1 spiro atoms. The molecule has 5 aliphatic carbocycles. The molecule has 57 heavy (non-hydrogen) atoms. The van der Waals surface area contributed by atoms with Crippen molar-refractivity contribution in [1.82, 2.24) is 0 Å². The van der Waals surface area contributed by atoms with E-state index in [1.54, 1.807) is 11.1 Å². The first kappa shape index (κ1) is 31.8. The van der Waals surface area contributed by atoms with E-state index in [0.29, 0.717) is 11.8 Å². The molecule has 3 atom stereocenters. The van der Waals surface area contributed by atoms with Crippen molar-refractivity contribution in [3.8, 4) is 11.1 Å². The van der Waals surface area contributed by atoms with Crippen LogP contribution in [-0.2, 0) is 5.41 Å². The smallest absolute Gasteiger partial charge is 0.159 e. The molecule has 1 heterocycles. The number of allylic oxidation sites excluding steroid dienone is 6. The number of fused-ring (bicyclic) bond motifs is 19. The Bertz CT molecular complexity index is 3100. The number of rotatable bonds is 3. The number of hydrogen-bond donors (Lipinski definition) is 0. The van der Waals surface area contributed by atoms with Crippen LogP contribution in [-0.4, -0.2) is 6.04 Å². The van der Waals surface area contributed by atoms with Gasteiger partial charge in [-0.15, -0.1) is 0 Å². The third-order valence-electron chi connectivity index (χ3n) is 14.3. The molecule has 2 nitrogen and oxygen atoms in total. The molecule has 1 aromatic heterocycles. The number of furan rings is 1. The molecule has 0 fully saturated rings. The molecule has 272 valence electrons. The lowest BCUT2D eigenvalue weighted by atomic mass is 9.59. The average Bonchev–Trinajstić information content (AvgIpc) is 3.92. The van der Waals surface area contributed by atoms with E-state index in [0.717, 1.165) is 43.3 Å². The van der Waals surface area contributed by atoms with Gasteiger partial charge < -0.3 is 9.32 Å². The lowest BCUT2D eigenvalue weighted by Gasteiger charge is -2.45. The van der Waals surface area contributed by atoms with Gasteiger partial charge in [-0.3, -0.25) is 0 Å². The van der Waals surface area contributed by atoms with Gasteiger partial charge in [0.2, 0.25) is 0 Å². The van der Waals surface area contributed by atoms with Gasteiger partial charge in [0.25, 0.3) is 0 Å². The van der Waals surface area contributed by atoms with Crippen molar-refractivity contribution in [1.29, 1.82) is 0 Å². The summed E-state index contributed by atoms with van der Waals surface area (Å²) >= 11 is 0. The summed E-state index contributed by atoms with van der Waals surface area (Å²) in [6, 6.07) is 52.7. The number of anilines is 1. The van der Waals surface area contributed by atoms with Gasteiger partial charge in [0.15, 0.2) is 5.58 Å². The first-order chi connectivity index (χ1) is 28.3. The second kappa shape index (κ2) is 11.8. The molecule has 0 bridgehead atoms.